The molecule has 0 amide bonds. The van der Waals surface area contributed by atoms with E-state index in [9.17, 15) is 0 Å². The Balaban J connectivity index is 1.99. The van der Waals surface area contributed by atoms with Crippen LogP contribution in [0.15, 0.2) is 16.7 Å². The molecule has 0 aliphatic carbocycles. The number of nitrogens with one attached hydrogen (secondary N) is 1. The number of hydrogen-bond donors (Lipinski definition) is 2. The van der Waals surface area contributed by atoms with Gasteiger partial charge in [-0.25, -0.2) is 9.97 Å². The maximum absolute atomic E-state index is 5.27. The van der Waals surface area contributed by atoms with E-state index in [4.69, 9.17) is 10.2 Å². The lowest BCUT2D eigenvalue weighted by atomic mass is 10.4. The van der Waals surface area contributed by atoms with Crippen molar-refractivity contribution in [2.24, 2.45) is 0 Å². The molecule has 0 saturated carbocycles. The molecule has 0 aliphatic heterocycles. The van der Waals surface area contributed by atoms with E-state index in [1.165, 1.54) is 0 Å². The summed E-state index contributed by atoms with van der Waals surface area (Å²) in [5.74, 6) is 0.722. The number of anilines is 2. The number of nitrogens with two attached hydrogens (primary N) is 1. The molecule has 15 heavy (non-hydrogen) atoms. The lowest BCUT2D eigenvalue weighted by Crippen LogP contribution is -2.03. The van der Waals surface area contributed by atoms with Gasteiger partial charge < -0.3 is 15.5 Å². The van der Waals surface area contributed by atoms with E-state index in [2.05, 4.69) is 25.5 Å². The van der Waals surface area contributed by atoms with Crippen LogP contribution in [0.5, 0.6) is 0 Å². The highest BCUT2D eigenvalue weighted by Crippen LogP contribution is 2.07. The first-order chi connectivity index (χ1) is 7.24. The number of hydrogen-bond acceptors (Lipinski definition) is 7. The minimum absolute atomic E-state index is 0.0383. The number of rotatable bonds is 3. The van der Waals surface area contributed by atoms with E-state index in [0.717, 1.165) is 11.5 Å². The van der Waals surface area contributed by atoms with Crippen molar-refractivity contribution in [2.75, 3.05) is 11.1 Å². The first-order valence-corrected chi connectivity index (χ1v) is 4.35. The van der Waals surface area contributed by atoms with E-state index >= 15 is 0 Å². The summed E-state index contributed by atoms with van der Waals surface area (Å²) in [4.78, 5) is 8.19. The van der Waals surface area contributed by atoms with E-state index in [1.807, 2.05) is 6.92 Å². The summed E-state index contributed by atoms with van der Waals surface area (Å²) in [6.45, 7) is 2.32. The summed E-state index contributed by atoms with van der Waals surface area (Å²) in [5, 5.41) is 10.1. The van der Waals surface area contributed by atoms with Crippen molar-refractivity contribution < 1.29 is 4.42 Å². The Morgan fingerprint density at radius 3 is 3.00 bits per heavy atom. The van der Waals surface area contributed by atoms with Crippen LogP contribution in [0, 0.1) is 6.92 Å². The maximum atomic E-state index is 5.27. The van der Waals surface area contributed by atoms with Gasteiger partial charge in [0.1, 0.15) is 5.82 Å². The minimum Gasteiger partial charge on any atom is -0.390 e. The Labute approximate surface area is 85.7 Å². The SMILES string of the molecule is Cc1nccc(CNc2nnc(N)o2)n1. The van der Waals surface area contributed by atoms with Crippen LogP contribution in [0.1, 0.15) is 11.5 Å². The molecule has 0 bridgehead atoms. The molecule has 7 nitrogen and oxygen atoms in total. The summed E-state index contributed by atoms with van der Waals surface area (Å²) in [6, 6.07) is 2.12. The van der Waals surface area contributed by atoms with Crippen LogP contribution < -0.4 is 11.1 Å². The molecular formula is C8H10N6O. The van der Waals surface area contributed by atoms with Crippen LogP contribution in [-0.4, -0.2) is 20.2 Å². The molecule has 78 valence electrons. The highest BCUT2D eigenvalue weighted by molar-refractivity contribution is 5.23. The normalized spacial score (nSPS) is 10.2. The van der Waals surface area contributed by atoms with Gasteiger partial charge in [0, 0.05) is 6.20 Å². The third kappa shape index (κ3) is 2.39. The average molecular weight is 206 g/mol. The summed E-state index contributed by atoms with van der Waals surface area (Å²) in [6.07, 6.45) is 1.70. The molecule has 0 atom stereocenters. The predicted molar refractivity (Wildman–Crippen MR) is 52.8 cm³/mol. The average Bonchev–Trinajstić information content (AvgIpc) is 2.62. The molecule has 0 spiro atoms. The van der Waals surface area contributed by atoms with Crippen LogP contribution in [-0.2, 0) is 6.54 Å². The quantitative estimate of drug-likeness (QED) is 0.747. The number of nitrogens with zero attached hydrogens (tertiary/aromatic N) is 4. The number of aryl methyl sites for hydroxylation is 1. The zero-order valence-corrected chi connectivity index (χ0v) is 8.14. The monoisotopic (exact) mass is 206 g/mol. The Kier molecular flexibility index (Phi) is 2.44. The van der Waals surface area contributed by atoms with Gasteiger partial charge in [-0.05, 0) is 13.0 Å². The fourth-order valence-electron chi connectivity index (χ4n) is 1.08. The van der Waals surface area contributed by atoms with Crippen molar-refractivity contribution in [1.29, 1.82) is 0 Å². The predicted octanol–water partition coefficient (Wildman–Crippen LogP) is 0.362. The van der Waals surface area contributed by atoms with Crippen molar-refractivity contribution >= 4 is 12.0 Å². The van der Waals surface area contributed by atoms with E-state index in [0.29, 0.717) is 6.54 Å². The lowest BCUT2D eigenvalue weighted by molar-refractivity contribution is 0.585. The lowest BCUT2D eigenvalue weighted by Gasteiger charge is -2.00. The van der Waals surface area contributed by atoms with Crippen molar-refractivity contribution in [3.8, 4) is 0 Å². The second-order valence-corrected chi connectivity index (χ2v) is 2.89. The smallest absolute Gasteiger partial charge is 0.317 e. The summed E-state index contributed by atoms with van der Waals surface area (Å²) in [5.41, 5.74) is 6.11. The molecule has 0 aromatic carbocycles. The van der Waals surface area contributed by atoms with E-state index in [-0.39, 0.29) is 12.0 Å². The standard InChI is InChI=1S/C8H10N6O/c1-5-10-3-2-6(12-5)4-11-8-14-13-7(9)15-8/h2-3H,4H2,1H3,(H2,9,13)(H,11,14). The summed E-state index contributed by atoms with van der Waals surface area (Å²) in [7, 11) is 0. The maximum Gasteiger partial charge on any atom is 0.317 e. The molecule has 0 aliphatic rings. The van der Waals surface area contributed by atoms with Crippen molar-refractivity contribution in [3.63, 3.8) is 0 Å². The Hall–Kier alpha value is -2.18. The van der Waals surface area contributed by atoms with Crippen LogP contribution >= 0.6 is 0 Å². The van der Waals surface area contributed by atoms with Gasteiger partial charge in [0.25, 0.3) is 0 Å². The molecule has 2 rings (SSSR count). The van der Waals surface area contributed by atoms with Gasteiger partial charge in [-0.15, -0.1) is 0 Å². The summed E-state index contributed by atoms with van der Waals surface area (Å²) >= 11 is 0. The molecule has 0 fully saturated rings. The fourth-order valence-corrected chi connectivity index (χ4v) is 1.08. The molecule has 2 aromatic rings. The molecule has 0 radical (unpaired) electrons. The first-order valence-electron chi connectivity index (χ1n) is 4.35. The van der Waals surface area contributed by atoms with Crippen molar-refractivity contribution in [1.82, 2.24) is 20.2 Å². The van der Waals surface area contributed by atoms with Crippen LogP contribution in [0.4, 0.5) is 12.0 Å². The van der Waals surface area contributed by atoms with E-state index in [1.54, 1.807) is 12.3 Å². The van der Waals surface area contributed by atoms with E-state index < -0.39 is 0 Å². The molecule has 0 saturated heterocycles. The first kappa shape index (κ1) is 9.38. The van der Waals surface area contributed by atoms with Crippen molar-refractivity contribution in [3.05, 3.63) is 23.8 Å². The van der Waals surface area contributed by atoms with Gasteiger partial charge in [0.15, 0.2) is 0 Å². The third-order valence-corrected chi connectivity index (χ3v) is 1.70. The van der Waals surface area contributed by atoms with Crippen LogP contribution in [0.2, 0.25) is 0 Å². The van der Waals surface area contributed by atoms with Gasteiger partial charge in [-0.1, -0.05) is 10.2 Å². The molecular weight excluding hydrogens is 196 g/mol. The molecule has 2 aromatic heterocycles. The van der Waals surface area contributed by atoms with Crippen molar-refractivity contribution in [2.45, 2.75) is 13.5 Å². The second kappa shape index (κ2) is 3.91. The third-order valence-electron chi connectivity index (χ3n) is 1.70. The number of aromatic nitrogens is 4. The van der Waals surface area contributed by atoms with Gasteiger partial charge >= 0.3 is 12.0 Å². The largest absolute Gasteiger partial charge is 0.390 e. The van der Waals surface area contributed by atoms with Gasteiger partial charge in [-0.3, -0.25) is 0 Å². The minimum atomic E-state index is 0.0383. The Morgan fingerprint density at radius 1 is 1.47 bits per heavy atom. The zero-order chi connectivity index (χ0) is 10.7. The fraction of sp³-hybridized carbons (Fsp3) is 0.250. The zero-order valence-electron chi connectivity index (χ0n) is 8.14. The number of nitrogen functional groups attached to an aromatic ring is 1. The topological polar surface area (TPSA) is 103 Å². The molecule has 7 heteroatoms. The molecule has 2 heterocycles. The van der Waals surface area contributed by atoms with Crippen LogP contribution in [0.3, 0.4) is 0 Å². The summed E-state index contributed by atoms with van der Waals surface area (Å²) < 4.78 is 4.94. The van der Waals surface area contributed by atoms with Gasteiger partial charge in [-0.2, -0.15) is 0 Å². The molecule has 3 N–H and O–H groups in total. The van der Waals surface area contributed by atoms with Gasteiger partial charge in [0.05, 0.1) is 12.2 Å². The highest BCUT2D eigenvalue weighted by Gasteiger charge is 2.02. The molecule has 0 unspecified atom stereocenters. The van der Waals surface area contributed by atoms with Gasteiger partial charge in [0.2, 0.25) is 0 Å². The Morgan fingerprint density at radius 2 is 2.33 bits per heavy atom. The van der Waals surface area contributed by atoms with Crippen LogP contribution in [0.25, 0.3) is 0 Å². The Bertz CT molecular complexity index is 454. The second-order valence-electron chi connectivity index (χ2n) is 2.89. The highest BCUT2D eigenvalue weighted by atomic mass is 16.4.